The zero-order valence-electron chi connectivity index (χ0n) is 17.3. The van der Waals surface area contributed by atoms with Crippen molar-refractivity contribution < 1.29 is 30.8 Å². The van der Waals surface area contributed by atoms with Crippen molar-refractivity contribution in [1.82, 2.24) is 5.32 Å². The number of halogens is 4. The number of anilines is 1. The molecule has 10 heteroatoms. The van der Waals surface area contributed by atoms with E-state index in [0.717, 1.165) is 24.5 Å². The maximum absolute atomic E-state index is 14.6. The zero-order chi connectivity index (χ0) is 23.8. The predicted molar refractivity (Wildman–Crippen MR) is 114 cm³/mol. The van der Waals surface area contributed by atoms with Gasteiger partial charge in [0.15, 0.2) is 0 Å². The van der Waals surface area contributed by atoms with E-state index in [1.54, 1.807) is 13.8 Å². The molecule has 0 aliphatic carbocycles. The van der Waals surface area contributed by atoms with Crippen molar-refractivity contribution in [3.8, 4) is 0 Å². The van der Waals surface area contributed by atoms with Gasteiger partial charge in [0.1, 0.15) is 5.82 Å². The van der Waals surface area contributed by atoms with E-state index in [4.69, 9.17) is 0 Å². The molecule has 0 fully saturated rings. The average Bonchev–Trinajstić information content (AvgIpc) is 2.67. The number of carbonyl (C=O) groups is 1. The van der Waals surface area contributed by atoms with Gasteiger partial charge in [0.05, 0.1) is 23.5 Å². The van der Waals surface area contributed by atoms with Crippen LogP contribution in [0.5, 0.6) is 0 Å². The molecule has 0 saturated heterocycles. The summed E-state index contributed by atoms with van der Waals surface area (Å²) in [6.07, 6.45) is -3.51. The predicted octanol–water partition coefficient (Wildman–Crippen LogP) is 5.17. The topological polar surface area (TPSA) is 75.3 Å². The summed E-state index contributed by atoms with van der Waals surface area (Å²) in [6, 6.07) is 9.23. The first-order chi connectivity index (χ1) is 14.7. The maximum Gasteiger partial charge on any atom is 0.416 e. The molecule has 0 aromatic heterocycles. The number of rotatable bonds is 5. The van der Waals surface area contributed by atoms with Gasteiger partial charge in [0.25, 0.3) is 5.91 Å². The second-order valence-corrected chi connectivity index (χ2v) is 9.28. The molecule has 5 nitrogen and oxygen atoms in total. The minimum Gasteiger partial charge on any atom is -0.345 e. The van der Waals surface area contributed by atoms with E-state index in [1.165, 1.54) is 30.3 Å². The van der Waals surface area contributed by atoms with Gasteiger partial charge < -0.3 is 5.32 Å². The van der Waals surface area contributed by atoms with Crippen LogP contribution in [0.3, 0.4) is 0 Å². The Morgan fingerprint density at radius 2 is 1.62 bits per heavy atom. The van der Waals surface area contributed by atoms with Crippen LogP contribution < -0.4 is 10.0 Å². The van der Waals surface area contributed by atoms with E-state index >= 15 is 0 Å². The summed E-state index contributed by atoms with van der Waals surface area (Å²) in [7, 11) is -3.58. The van der Waals surface area contributed by atoms with Crippen molar-refractivity contribution in [1.29, 1.82) is 0 Å². The van der Waals surface area contributed by atoms with E-state index in [-0.39, 0.29) is 16.8 Å². The Labute approximate surface area is 182 Å². The fourth-order valence-electron chi connectivity index (χ4n) is 3.27. The smallest absolute Gasteiger partial charge is 0.345 e. The summed E-state index contributed by atoms with van der Waals surface area (Å²) in [5.41, 5.74) is 0.150. The molecule has 0 radical (unpaired) electrons. The summed E-state index contributed by atoms with van der Waals surface area (Å²) < 4.78 is 78.2. The fraction of sp³-hybridized carbons (Fsp3) is 0.227. The van der Waals surface area contributed by atoms with Crippen LogP contribution in [0, 0.1) is 12.7 Å². The molecule has 170 valence electrons. The number of nitrogens with one attached hydrogen (secondary N) is 2. The minimum absolute atomic E-state index is 0.0973. The molecule has 0 saturated carbocycles. The third-order valence-corrected chi connectivity index (χ3v) is 5.47. The van der Waals surface area contributed by atoms with Crippen LogP contribution in [-0.4, -0.2) is 20.6 Å². The van der Waals surface area contributed by atoms with E-state index in [1.807, 2.05) is 0 Å². The highest BCUT2D eigenvalue weighted by atomic mass is 32.2. The molecular formula is C22H20F4N2O3S. The molecule has 3 aromatic carbocycles. The highest BCUT2D eigenvalue weighted by Crippen LogP contribution is 2.32. The van der Waals surface area contributed by atoms with Gasteiger partial charge in [-0.3, -0.25) is 9.52 Å². The van der Waals surface area contributed by atoms with Crippen LogP contribution in [0.4, 0.5) is 23.2 Å². The van der Waals surface area contributed by atoms with Crippen molar-refractivity contribution in [2.24, 2.45) is 0 Å². The van der Waals surface area contributed by atoms with Crippen LogP contribution in [0.25, 0.3) is 10.8 Å². The molecule has 0 bridgehead atoms. The molecule has 1 atom stereocenters. The number of hydrogen-bond donors (Lipinski definition) is 2. The number of amides is 1. The highest BCUT2D eigenvalue weighted by molar-refractivity contribution is 7.92. The standard InChI is InChI=1S/C22H20F4N2O3S/c1-12-8-18(19(23)11-20(12)28-32(3,30)31)13(2)27-21(29)16-5-4-15-10-17(22(24,25)26)7-6-14(15)9-16/h4-11,13,28H,1-3H3,(H,27,29)/t13-/m1/s1. The number of carbonyl (C=O) groups excluding carboxylic acids is 1. The molecule has 0 aliphatic rings. The van der Waals surface area contributed by atoms with Crippen LogP contribution in [0.2, 0.25) is 0 Å². The molecule has 0 spiro atoms. The minimum atomic E-state index is -4.46. The van der Waals surface area contributed by atoms with Gasteiger partial charge in [-0.1, -0.05) is 12.1 Å². The Morgan fingerprint density at radius 1 is 1.00 bits per heavy atom. The maximum atomic E-state index is 14.6. The Morgan fingerprint density at radius 3 is 2.25 bits per heavy atom. The van der Waals surface area contributed by atoms with Gasteiger partial charge >= 0.3 is 6.18 Å². The third-order valence-electron chi connectivity index (χ3n) is 4.88. The SMILES string of the molecule is Cc1cc([C@@H](C)NC(=O)c2ccc3cc(C(F)(F)F)ccc3c2)c(F)cc1NS(C)(=O)=O. The number of benzene rings is 3. The zero-order valence-corrected chi connectivity index (χ0v) is 18.2. The summed E-state index contributed by atoms with van der Waals surface area (Å²) in [4.78, 5) is 12.6. The first kappa shape index (κ1) is 23.5. The first-order valence-corrected chi connectivity index (χ1v) is 11.3. The quantitative estimate of drug-likeness (QED) is 0.508. The van der Waals surface area contributed by atoms with Crippen LogP contribution in [0.1, 0.15) is 40.0 Å². The first-order valence-electron chi connectivity index (χ1n) is 9.44. The summed E-state index contributed by atoms with van der Waals surface area (Å²) >= 11 is 0. The Kier molecular flexibility index (Phi) is 6.19. The lowest BCUT2D eigenvalue weighted by atomic mass is 10.0. The molecule has 2 N–H and O–H groups in total. The lowest BCUT2D eigenvalue weighted by molar-refractivity contribution is -0.137. The second kappa shape index (κ2) is 8.42. The lowest BCUT2D eigenvalue weighted by Gasteiger charge is -2.18. The van der Waals surface area contributed by atoms with Gasteiger partial charge in [-0.05, 0) is 66.6 Å². The summed E-state index contributed by atoms with van der Waals surface area (Å²) in [5, 5.41) is 3.44. The van der Waals surface area contributed by atoms with Gasteiger partial charge in [0, 0.05) is 11.1 Å². The van der Waals surface area contributed by atoms with Gasteiger partial charge in [0.2, 0.25) is 10.0 Å². The van der Waals surface area contributed by atoms with Crippen LogP contribution >= 0.6 is 0 Å². The molecule has 3 rings (SSSR count). The molecular weight excluding hydrogens is 448 g/mol. The molecule has 32 heavy (non-hydrogen) atoms. The fourth-order valence-corrected chi connectivity index (χ4v) is 3.89. The Balaban J connectivity index is 1.82. The van der Waals surface area contributed by atoms with E-state index in [0.29, 0.717) is 16.3 Å². The Hall–Kier alpha value is -3.14. The Bertz CT molecular complexity index is 1300. The lowest BCUT2D eigenvalue weighted by Crippen LogP contribution is -2.27. The number of hydrogen-bond acceptors (Lipinski definition) is 3. The largest absolute Gasteiger partial charge is 0.416 e. The number of sulfonamides is 1. The van der Waals surface area contributed by atoms with Crippen molar-refractivity contribution in [2.75, 3.05) is 11.0 Å². The van der Waals surface area contributed by atoms with Crippen molar-refractivity contribution in [3.63, 3.8) is 0 Å². The molecule has 0 heterocycles. The number of fused-ring (bicyclic) bond motifs is 1. The van der Waals surface area contributed by atoms with Gasteiger partial charge in [-0.15, -0.1) is 0 Å². The number of alkyl halides is 3. The van der Waals surface area contributed by atoms with Crippen molar-refractivity contribution in [3.05, 3.63) is 76.6 Å². The third kappa shape index (κ3) is 5.37. The summed E-state index contributed by atoms with van der Waals surface area (Å²) in [6.45, 7) is 3.17. The van der Waals surface area contributed by atoms with Crippen LogP contribution in [-0.2, 0) is 16.2 Å². The van der Waals surface area contributed by atoms with Crippen LogP contribution in [0.15, 0.2) is 48.5 Å². The van der Waals surface area contributed by atoms with E-state index in [2.05, 4.69) is 10.0 Å². The van der Waals surface area contributed by atoms with E-state index < -0.39 is 39.5 Å². The number of aryl methyl sites for hydroxylation is 1. The highest BCUT2D eigenvalue weighted by Gasteiger charge is 2.30. The molecule has 0 aliphatic heterocycles. The van der Waals surface area contributed by atoms with Gasteiger partial charge in [-0.2, -0.15) is 13.2 Å². The summed E-state index contributed by atoms with van der Waals surface area (Å²) in [5.74, 6) is -1.23. The average molecular weight is 468 g/mol. The van der Waals surface area contributed by atoms with Gasteiger partial charge in [-0.25, -0.2) is 12.8 Å². The molecule has 1 amide bonds. The normalized spacial score (nSPS) is 13.1. The second-order valence-electron chi connectivity index (χ2n) is 7.53. The van der Waals surface area contributed by atoms with Crippen molar-refractivity contribution in [2.45, 2.75) is 26.1 Å². The van der Waals surface area contributed by atoms with Crippen molar-refractivity contribution >= 4 is 32.4 Å². The monoisotopic (exact) mass is 468 g/mol. The molecule has 3 aromatic rings. The molecule has 0 unspecified atom stereocenters. The van der Waals surface area contributed by atoms with E-state index in [9.17, 15) is 30.8 Å².